The Labute approximate surface area is 167 Å². The summed E-state index contributed by atoms with van der Waals surface area (Å²) in [5.74, 6) is 0.774. The fourth-order valence-electron chi connectivity index (χ4n) is 3.84. The zero-order chi connectivity index (χ0) is 19.1. The third-order valence-corrected chi connectivity index (χ3v) is 5.58. The highest BCUT2D eigenvalue weighted by molar-refractivity contribution is 7.71. The lowest BCUT2D eigenvalue weighted by molar-refractivity contribution is -0.156. The van der Waals surface area contributed by atoms with Gasteiger partial charge in [0, 0.05) is 18.5 Å². The lowest BCUT2D eigenvalue weighted by Gasteiger charge is -2.26. The van der Waals surface area contributed by atoms with E-state index in [4.69, 9.17) is 26.8 Å². The summed E-state index contributed by atoms with van der Waals surface area (Å²) < 4.78 is 15.5. The summed E-state index contributed by atoms with van der Waals surface area (Å²) >= 11 is 5.80. The van der Waals surface area contributed by atoms with Crippen molar-refractivity contribution in [3.05, 3.63) is 76.8 Å². The number of aromatic nitrogens is 3. The lowest BCUT2D eigenvalue weighted by Crippen LogP contribution is -2.37. The SMILES string of the molecule is O=C1C[C@H](n2nc(Cc3ccccc3)n(-c3ccccc3)c2=S)[C@@H]2CO[C@H]1O2. The molecule has 0 aliphatic carbocycles. The van der Waals surface area contributed by atoms with Crippen LogP contribution in [0.4, 0.5) is 0 Å². The molecule has 3 atom stereocenters. The second-order valence-corrected chi connectivity index (χ2v) is 7.42. The number of benzene rings is 2. The second kappa shape index (κ2) is 7.09. The summed E-state index contributed by atoms with van der Waals surface area (Å²) in [5, 5.41) is 4.84. The van der Waals surface area contributed by atoms with Crippen LogP contribution in [-0.2, 0) is 20.7 Å². The van der Waals surface area contributed by atoms with Crippen molar-refractivity contribution in [1.82, 2.24) is 14.3 Å². The molecule has 5 rings (SSSR count). The molecule has 1 aromatic heterocycles. The molecular weight excluding hydrogens is 374 g/mol. The highest BCUT2D eigenvalue weighted by atomic mass is 32.1. The van der Waals surface area contributed by atoms with Crippen molar-refractivity contribution in [3.8, 4) is 5.69 Å². The summed E-state index contributed by atoms with van der Waals surface area (Å²) in [6.45, 7) is 0.384. The molecule has 0 amide bonds. The van der Waals surface area contributed by atoms with Gasteiger partial charge in [-0.25, -0.2) is 4.68 Å². The summed E-state index contributed by atoms with van der Waals surface area (Å²) in [6.07, 6.45) is 0.0197. The Morgan fingerprint density at radius 1 is 1.07 bits per heavy atom. The number of rotatable bonds is 4. The average molecular weight is 393 g/mol. The van der Waals surface area contributed by atoms with Crippen LogP contribution in [0.5, 0.6) is 0 Å². The maximum absolute atomic E-state index is 12.3. The monoisotopic (exact) mass is 393 g/mol. The summed E-state index contributed by atoms with van der Waals surface area (Å²) in [7, 11) is 0. The van der Waals surface area contributed by atoms with E-state index in [1.807, 2.05) is 53.1 Å². The molecule has 2 fully saturated rings. The van der Waals surface area contributed by atoms with Gasteiger partial charge in [0.05, 0.1) is 12.6 Å². The Morgan fingerprint density at radius 3 is 2.54 bits per heavy atom. The molecule has 3 aromatic rings. The maximum Gasteiger partial charge on any atom is 0.218 e. The molecule has 2 aliphatic heterocycles. The van der Waals surface area contributed by atoms with E-state index in [0.29, 0.717) is 24.2 Å². The van der Waals surface area contributed by atoms with Gasteiger partial charge in [-0.1, -0.05) is 48.5 Å². The Morgan fingerprint density at radius 2 is 1.79 bits per heavy atom. The second-order valence-electron chi connectivity index (χ2n) is 7.05. The van der Waals surface area contributed by atoms with E-state index >= 15 is 0 Å². The number of carbonyl (C=O) groups is 1. The van der Waals surface area contributed by atoms with Crippen LogP contribution in [-0.4, -0.2) is 39.1 Å². The number of nitrogens with zero attached hydrogens (tertiary/aromatic N) is 3. The molecule has 142 valence electrons. The van der Waals surface area contributed by atoms with Gasteiger partial charge in [0.1, 0.15) is 11.9 Å². The predicted molar refractivity (Wildman–Crippen MR) is 105 cm³/mol. The van der Waals surface area contributed by atoms with Crippen LogP contribution < -0.4 is 0 Å². The van der Waals surface area contributed by atoms with Gasteiger partial charge in [0.25, 0.3) is 0 Å². The minimum Gasteiger partial charge on any atom is -0.343 e. The van der Waals surface area contributed by atoms with Crippen molar-refractivity contribution < 1.29 is 14.3 Å². The maximum atomic E-state index is 12.3. The standard InChI is InChI=1S/C21H19N3O3S/c25-17-12-16(18-13-26-20(17)27-18)24-21(28)23(15-9-5-2-6-10-15)19(22-24)11-14-7-3-1-4-8-14/h1-10,16,18,20H,11-13H2/t16-,18-,20-/m0/s1. The van der Waals surface area contributed by atoms with E-state index < -0.39 is 6.29 Å². The van der Waals surface area contributed by atoms with Crippen LogP contribution in [0.3, 0.4) is 0 Å². The first-order valence-electron chi connectivity index (χ1n) is 9.30. The Hall–Kier alpha value is -2.61. The molecule has 0 radical (unpaired) electrons. The molecule has 3 heterocycles. The van der Waals surface area contributed by atoms with Gasteiger partial charge in [-0.2, -0.15) is 5.10 Å². The van der Waals surface area contributed by atoms with Crippen molar-refractivity contribution >= 4 is 18.0 Å². The van der Waals surface area contributed by atoms with Gasteiger partial charge in [0.2, 0.25) is 11.1 Å². The van der Waals surface area contributed by atoms with Gasteiger partial charge in [0.15, 0.2) is 5.78 Å². The zero-order valence-corrected chi connectivity index (χ0v) is 15.9. The van der Waals surface area contributed by atoms with Gasteiger partial charge >= 0.3 is 0 Å². The van der Waals surface area contributed by atoms with Gasteiger partial charge in [-0.3, -0.25) is 9.36 Å². The first kappa shape index (κ1) is 17.5. The first-order valence-corrected chi connectivity index (χ1v) is 9.71. The van der Waals surface area contributed by atoms with Gasteiger partial charge in [-0.15, -0.1) is 0 Å². The van der Waals surface area contributed by atoms with E-state index in [0.717, 1.165) is 17.1 Å². The molecule has 2 aliphatic rings. The number of ketones is 1. The minimum atomic E-state index is -0.726. The van der Waals surface area contributed by atoms with E-state index in [2.05, 4.69) is 12.1 Å². The van der Waals surface area contributed by atoms with Crippen molar-refractivity contribution in [1.29, 1.82) is 0 Å². The average Bonchev–Trinajstić information content (AvgIpc) is 3.29. The number of para-hydroxylation sites is 1. The van der Waals surface area contributed by atoms with Crippen LogP contribution in [0.2, 0.25) is 0 Å². The van der Waals surface area contributed by atoms with Gasteiger partial charge in [-0.05, 0) is 29.9 Å². The number of fused-ring (bicyclic) bond motifs is 2. The van der Waals surface area contributed by atoms with Crippen LogP contribution in [0, 0.1) is 4.77 Å². The zero-order valence-electron chi connectivity index (χ0n) is 15.1. The smallest absolute Gasteiger partial charge is 0.218 e. The van der Waals surface area contributed by atoms with E-state index in [1.165, 1.54) is 0 Å². The molecule has 7 heteroatoms. The van der Waals surface area contributed by atoms with Crippen molar-refractivity contribution in [2.75, 3.05) is 6.61 Å². The number of Topliss-reactive ketones (excluding diaryl/α,β-unsaturated/α-hetero) is 1. The molecule has 2 aromatic carbocycles. The Bertz CT molecular complexity index is 1060. The van der Waals surface area contributed by atoms with Gasteiger partial charge < -0.3 is 9.47 Å². The quantitative estimate of drug-likeness (QED) is 0.637. The lowest BCUT2D eigenvalue weighted by atomic mass is 10.0. The Kier molecular flexibility index (Phi) is 4.43. The largest absolute Gasteiger partial charge is 0.343 e. The van der Waals surface area contributed by atoms with E-state index in [-0.39, 0.29) is 17.9 Å². The minimum absolute atomic E-state index is 0.0560. The van der Waals surface area contributed by atoms with Crippen LogP contribution in [0.1, 0.15) is 23.9 Å². The third-order valence-electron chi connectivity index (χ3n) is 5.21. The molecule has 28 heavy (non-hydrogen) atoms. The van der Waals surface area contributed by atoms with Crippen LogP contribution >= 0.6 is 12.2 Å². The highest BCUT2D eigenvalue weighted by Gasteiger charge is 2.45. The molecule has 0 N–H and O–H groups in total. The molecule has 0 saturated carbocycles. The topological polar surface area (TPSA) is 58.3 Å². The first-order chi connectivity index (χ1) is 13.7. The molecular formula is C21H19N3O3S. The molecule has 0 spiro atoms. The summed E-state index contributed by atoms with van der Waals surface area (Å²) in [6, 6.07) is 19.8. The van der Waals surface area contributed by atoms with Crippen LogP contribution in [0.15, 0.2) is 60.7 Å². The Balaban J connectivity index is 1.61. The summed E-state index contributed by atoms with van der Waals surface area (Å²) in [4.78, 5) is 12.3. The van der Waals surface area contributed by atoms with Crippen molar-refractivity contribution in [2.45, 2.75) is 31.3 Å². The van der Waals surface area contributed by atoms with Crippen LogP contribution in [0.25, 0.3) is 5.69 Å². The fourth-order valence-corrected chi connectivity index (χ4v) is 4.23. The normalized spacial score (nSPS) is 23.9. The predicted octanol–water partition coefficient (Wildman–Crippen LogP) is 3.25. The number of hydrogen-bond acceptors (Lipinski definition) is 5. The molecule has 2 bridgehead atoms. The highest BCUT2D eigenvalue weighted by Crippen LogP contribution is 2.33. The number of hydrogen-bond donors (Lipinski definition) is 0. The van der Waals surface area contributed by atoms with E-state index in [1.54, 1.807) is 4.68 Å². The van der Waals surface area contributed by atoms with Crippen molar-refractivity contribution in [2.24, 2.45) is 0 Å². The number of ether oxygens (including phenoxy) is 2. The molecule has 6 nitrogen and oxygen atoms in total. The fraction of sp³-hybridized carbons (Fsp3) is 0.286. The van der Waals surface area contributed by atoms with E-state index in [9.17, 15) is 4.79 Å². The number of carbonyl (C=O) groups excluding carboxylic acids is 1. The molecule has 2 saturated heterocycles. The van der Waals surface area contributed by atoms with Crippen molar-refractivity contribution in [3.63, 3.8) is 0 Å². The molecule has 0 unspecified atom stereocenters. The third kappa shape index (κ3) is 3.01. The summed E-state index contributed by atoms with van der Waals surface area (Å²) in [5.41, 5.74) is 2.10.